The Morgan fingerprint density at radius 2 is 2.18 bits per heavy atom. The molecular formula is C8H5ClFN. The Morgan fingerprint density at radius 1 is 1.55 bits per heavy atom. The Morgan fingerprint density at radius 3 is 2.64 bits per heavy atom. The molecule has 3 heteroatoms. The van der Waals surface area contributed by atoms with Gasteiger partial charge in [0.2, 0.25) is 5.69 Å². The number of rotatable bonds is 0. The van der Waals surface area contributed by atoms with E-state index in [1.807, 2.05) is 0 Å². The van der Waals surface area contributed by atoms with Crippen LogP contribution in [0.1, 0.15) is 5.56 Å². The van der Waals surface area contributed by atoms with Gasteiger partial charge in [0.1, 0.15) is 5.82 Å². The molecule has 0 N–H and O–H groups in total. The largest absolute Gasteiger partial charge is 0.236 e. The van der Waals surface area contributed by atoms with Gasteiger partial charge in [0.15, 0.2) is 0 Å². The highest BCUT2D eigenvalue weighted by atomic mass is 35.5. The van der Waals surface area contributed by atoms with Gasteiger partial charge in [-0.25, -0.2) is 9.24 Å². The molecule has 1 aromatic rings. The van der Waals surface area contributed by atoms with Gasteiger partial charge in [0.05, 0.1) is 11.6 Å². The molecule has 0 aromatic heterocycles. The molecule has 0 saturated carbocycles. The van der Waals surface area contributed by atoms with Crippen molar-refractivity contribution in [3.8, 4) is 0 Å². The van der Waals surface area contributed by atoms with Crippen molar-refractivity contribution in [2.24, 2.45) is 0 Å². The van der Waals surface area contributed by atoms with Crippen LogP contribution in [0.15, 0.2) is 12.1 Å². The van der Waals surface area contributed by atoms with Crippen LogP contribution in [0.25, 0.3) is 4.85 Å². The Balaban J connectivity index is 3.40. The van der Waals surface area contributed by atoms with Crippen molar-refractivity contribution in [3.05, 3.63) is 40.0 Å². The summed E-state index contributed by atoms with van der Waals surface area (Å²) < 4.78 is 12.6. The lowest BCUT2D eigenvalue weighted by Crippen LogP contribution is -1.78. The number of hydrogen-bond donors (Lipinski definition) is 0. The van der Waals surface area contributed by atoms with Gasteiger partial charge < -0.3 is 0 Å². The van der Waals surface area contributed by atoms with Crippen LogP contribution in [0.2, 0.25) is 5.02 Å². The monoisotopic (exact) mass is 169 g/mol. The molecule has 1 aromatic carbocycles. The minimum absolute atomic E-state index is 0.178. The standard InChI is InChI=1S/C8H5ClFN/c1-5-3-6(10)4-7(9)8(5)11-2/h3-4H,1H3. The topological polar surface area (TPSA) is 4.36 Å². The minimum Gasteiger partial charge on any atom is -0.236 e. The van der Waals surface area contributed by atoms with E-state index in [4.69, 9.17) is 18.2 Å². The fourth-order valence-electron chi connectivity index (χ4n) is 0.836. The number of nitrogens with zero attached hydrogens (tertiary/aromatic N) is 1. The normalized spacial score (nSPS) is 9.27. The third-order valence-corrected chi connectivity index (χ3v) is 1.62. The summed E-state index contributed by atoms with van der Waals surface area (Å²) in [7, 11) is 0. The van der Waals surface area contributed by atoms with E-state index in [-0.39, 0.29) is 5.02 Å². The maximum atomic E-state index is 12.6. The molecule has 0 bridgehead atoms. The van der Waals surface area contributed by atoms with Gasteiger partial charge in [-0.05, 0) is 24.6 Å². The predicted molar refractivity (Wildman–Crippen MR) is 42.4 cm³/mol. The molecule has 0 spiro atoms. The lowest BCUT2D eigenvalue weighted by molar-refractivity contribution is 0.627. The molecule has 56 valence electrons. The number of aryl methyl sites for hydroxylation is 1. The van der Waals surface area contributed by atoms with E-state index in [0.29, 0.717) is 11.3 Å². The summed E-state index contributed by atoms with van der Waals surface area (Å²) in [5.74, 6) is -0.403. The van der Waals surface area contributed by atoms with Crippen LogP contribution in [0, 0.1) is 19.3 Å². The van der Waals surface area contributed by atoms with Crippen molar-refractivity contribution in [2.75, 3.05) is 0 Å². The second kappa shape index (κ2) is 2.89. The van der Waals surface area contributed by atoms with Crippen LogP contribution in [-0.4, -0.2) is 0 Å². The van der Waals surface area contributed by atoms with E-state index in [2.05, 4.69) is 4.85 Å². The third kappa shape index (κ3) is 1.50. The zero-order valence-electron chi connectivity index (χ0n) is 5.86. The highest BCUT2D eigenvalue weighted by Crippen LogP contribution is 2.29. The molecule has 0 aliphatic heterocycles. The van der Waals surface area contributed by atoms with E-state index in [9.17, 15) is 4.39 Å². The molecular weight excluding hydrogens is 165 g/mol. The maximum absolute atomic E-state index is 12.6. The van der Waals surface area contributed by atoms with Gasteiger partial charge in [-0.15, -0.1) is 0 Å². The Labute approximate surface area is 69.2 Å². The third-order valence-electron chi connectivity index (χ3n) is 1.33. The van der Waals surface area contributed by atoms with Crippen molar-refractivity contribution in [2.45, 2.75) is 6.92 Å². The first-order chi connectivity index (χ1) is 5.15. The van der Waals surface area contributed by atoms with E-state index in [1.54, 1.807) is 6.92 Å². The minimum atomic E-state index is -0.403. The van der Waals surface area contributed by atoms with Crippen LogP contribution in [0.3, 0.4) is 0 Å². The molecule has 0 amide bonds. The predicted octanol–water partition coefficient (Wildman–Crippen LogP) is 3.34. The first kappa shape index (κ1) is 8.03. The van der Waals surface area contributed by atoms with Gasteiger partial charge in [-0.2, -0.15) is 0 Å². The maximum Gasteiger partial charge on any atom is 0.208 e. The smallest absolute Gasteiger partial charge is 0.208 e. The average molecular weight is 170 g/mol. The second-order valence-electron chi connectivity index (χ2n) is 2.16. The van der Waals surface area contributed by atoms with E-state index < -0.39 is 5.82 Å². The SMILES string of the molecule is [C-]#[N+]c1c(C)cc(F)cc1Cl. The highest BCUT2D eigenvalue weighted by Gasteiger charge is 2.04. The highest BCUT2D eigenvalue weighted by molar-refractivity contribution is 6.33. The first-order valence-corrected chi connectivity index (χ1v) is 3.36. The summed E-state index contributed by atoms with van der Waals surface area (Å²) in [4.78, 5) is 3.16. The average Bonchev–Trinajstić information content (AvgIpc) is 1.85. The fraction of sp³-hybridized carbons (Fsp3) is 0.125. The Hall–Kier alpha value is -1.07. The van der Waals surface area contributed by atoms with Gasteiger partial charge in [0, 0.05) is 0 Å². The second-order valence-corrected chi connectivity index (χ2v) is 2.57. The lowest BCUT2D eigenvalue weighted by atomic mass is 10.2. The van der Waals surface area contributed by atoms with Crippen molar-refractivity contribution in [3.63, 3.8) is 0 Å². The van der Waals surface area contributed by atoms with Gasteiger partial charge in [0.25, 0.3) is 0 Å². The van der Waals surface area contributed by atoms with Crippen LogP contribution in [0.5, 0.6) is 0 Å². The van der Waals surface area contributed by atoms with Crippen LogP contribution in [-0.2, 0) is 0 Å². The van der Waals surface area contributed by atoms with Crippen molar-refractivity contribution in [1.29, 1.82) is 0 Å². The molecule has 0 saturated heterocycles. The summed E-state index contributed by atoms with van der Waals surface area (Å²) in [6, 6.07) is 2.43. The van der Waals surface area contributed by atoms with E-state index in [0.717, 1.165) is 6.07 Å². The van der Waals surface area contributed by atoms with E-state index >= 15 is 0 Å². The molecule has 1 rings (SSSR count). The van der Waals surface area contributed by atoms with Crippen molar-refractivity contribution >= 4 is 17.3 Å². The Bertz CT molecular complexity index is 304. The van der Waals surface area contributed by atoms with Crippen molar-refractivity contribution in [1.82, 2.24) is 0 Å². The molecule has 0 atom stereocenters. The van der Waals surface area contributed by atoms with E-state index in [1.165, 1.54) is 6.07 Å². The number of benzene rings is 1. The summed E-state index contributed by atoms with van der Waals surface area (Å²) in [6.45, 7) is 8.37. The quantitative estimate of drug-likeness (QED) is 0.525. The number of halogens is 2. The van der Waals surface area contributed by atoms with Crippen LogP contribution in [0.4, 0.5) is 10.1 Å². The molecule has 11 heavy (non-hydrogen) atoms. The summed E-state index contributed by atoms with van der Waals surface area (Å²) in [5.41, 5.74) is 0.901. The zero-order valence-corrected chi connectivity index (χ0v) is 6.61. The Kier molecular flexibility index (Phi) is 2.11. The molecule has 0 heterocycles. The molecule has 0 unspecified atom stereocenters. The summed E-state index contributed by atoms with van der Waals surface area (Å²) in [5, 5.41) is 0.178. The van der Waals surface area contributed by atoms with Gasteiger partial charge in [-0.3, -0.25) is 0 Å². The fourth-order valence-corrected chi connectivity index (χ4v) is 1.13. The molecule has 0 aliphatic rings. The summed E-state index contributed by atoms with van der Waals surface area (Å²) >= 11 is 5.58. The molecule has 0 aliphatic carbocycles. The van der Waals surface area contributed by atoms with Crippen LogP contribution < -0.4 is 0 Å². The lowest BCUT2D eigenvalue weighted by Gasteiger charge is -1.98. The summed E-state index contributed by atoms with van der Waals surface area (Å²) in [6.07, 6.45) is 0. The molecule has 0 fully saturated rings. The zero-order chi connectivity index (χ0) is 8.43. The molecule has 0 radical (unpaired) electrons. The molecule has 1 nitrogen and oxygen atoms in total. The van der Waals surface area contributed by atoms with Crippen molar-refractivity contribution < 1.29 is 4.39 Å². The number of hydrogen-bond acceptors (Lipinski definition) is 0. The van der Waals surface area contributed by atoms with Gasteiger partial charge >= 0.3 is 0 Å². The first-order valence-electron chi connectivity index (χ1n) is 2.98. The van der Waals surface area contributed by atoms with Crippen LogP contribution >= 0.6 is 11.6 Å². The van der Waals surface area contributed by atoms with Gasteiger partial charge in [-0.1, -0.05) is 11.6 Å².